The summed E-state index contributed by atoms with van der Waals surface area (Å²) in [7, 11) is 1.68. The van der Waals surface area contributed by atoms with E-state index in [4.69, 9.17) is 9.47 Å². The highest BCUT2D eigenvalue weighted by molar-refractivity contribution is 5.51. The predicted molar refractivity (Wildman–Crippen MR) is 55.8 cm³/mol. The molecule has 0 amide bonds. The maximum atomic E-state index is 5.52. The largest absolute Gasteiger partial charge is 0.493 e. The molecule has 3 heteroatoms. The minimum absolute atomic E-state index is 0.541. The number of anilines is 1. The van der Waals surface area contributed by atoms with Crippen LogP contribution in [0.25, 0.3) is 0 Å². The summed E-state index contributed by atoms with van der Waals surface area (Å²) >= 11 is 0. The Morgan fingerprint density at radius 3 is 3.29 bits per heavy atom. The summed E-state index contributed by atoms with van der Waals surface area (Å²) in [5.74, 6) is 1.03. The van der Waals surface area contributed by atoms with Crippen LogP contribution in [0.1, 0.15) is 12.0 Å². The number of hydrogen-bond donors (Lipinski definition) is 1. The second-order valence-electron chi connectivity index (χ2n) is 3.38. The Morgan fingerprint density at radius 2 is 2.43 bits per heavy atom. The van der Waals surface area contributed by atoms with E-state index in [0.717, 1.165) is 30.9 Å². The minimum atomic E-state index is 0.541. The lowest BCUT2D eigenvalue weighted by Gasteiger charge is -2.18. The van der Waals surface area contributed by atoms with E-state index in [1.807, 2.05) is 12.1 Å². The first-order valence-corrected chi connectivity index (χ1v) is 4.88. The normalized spacial score (nSPS) is 14.4. The zero-order valence-corrected chi connectivity index (χ0v) is 8.38. The molecule has 1 aliphatic heterocycles. The third-order valence-electron chi connectivity index (χ3n) is 2.33. The van der Waals surface area contributed by atoms with Crippen molar-refractivity contribution in [2.24, 2.45) is 0 Å². The van der Waals surface area contributed by atoms with Gasteiger partial charge in [0.15, 0.2) is 0 Å². The van der Waals surface area contributed by atoms with Gasteiger partial charge in [-0.05, 0) is 36.6 Å². The number of benzene rings is 1. The zero-order chi connectivity index (χ0) is 9.80. The van der Waals surface area contributed by atoms with Gasteiger partial charge in [-0.2, -0.15) is 0 Å². The number of fused-ring (bicyclic) bond motifs is 1. The van der Waals surface area contributed by atoms with Gasteiger partial charge >= 0.3 is 0 Å². The molecule has 0 spiro atoms. The van der Waals surface area contributed by atoms with Gasteiger partial charge in [0.25, 0.3) is 0 Å². The van der Waals surface area contributed by atoms with Crippen LogP contribution >= 0.6 is 0 Å². The maximum Gasteiger partial charge on any atom is 0.122 e. The van der Waals surface area contributed by atoms with Crippen molar-refractivity contribution >= 4 is 5.69 Å². The zero-order valence-electron chi connectivity index (χ0n) is 8.38. The van der Waals surface area contributed by atoms with Gasteiger partial charge in [0.2, 0.25) is 0 Å². The molecule has 1 heterocycles. The molecule has 1 aliphatic rings. The van der Waals surface area contributed by atoms with Gasteiger partial charge in [-0.25, -0.2) is 0 Å². The highest BCUT2D eigenvalue weighted by atomic mass is 16.5. The molecular formula is C11H15NO2. The number of ether oxygens (including phenoxy) is 2. The SMILES string of the molecule is COCNc1ccc2c(c1)CCCO2. The molecule has 1 aromatic rings. The van der Waals surface area contributed by atoms with E-state index in [1.54, 1.807) is 7.11 Å². The molecule has 0 fully saturated rings. The quantitative estimate of drug-likeness (QED) is 0.745. The van der Waals surface area contributed by atoms with Crippen LogP contribution in [0.15, 0.2) is 18.2 Å². The van der Waals surface area contributed by atoms with E-state index in [0.29, 0.717) is 6.73 Å². The van der Waals surface area contributed by atoms with Crippen molar-refractivity contribution in [3.05, 3.63) is 23.8 Å². The van der Waals surface area contributed by atoms with Crippen LogP contribution in [-0.4, -0.2) is 20.4 Å². The third kappa shape index (κ3) is 1.99. The van der Waals surface area contributed by atoms with Gasteiger partial charge in [-0.15, -0.1) is 0 Å². The lowest BCUT2D eigenvalue weighted by molar-refractivity contribution is 0.221. The molecule has 76 valence electrons. The van der Waals surface area contributed by atoms with Crippen molar-refractivity contribution in [1.82, 2.24) is 0 Å². The molecule has 0 unspecified atom stereocenters. The Morgan fingerprint density at radius 1 is 1.50 bits per heavy atom. The van der Waals surface area contributed by atoms with Gasteiger partial charge in [-0.1, -0.05) is 0 Å². The van der Waals surface area contributed by atoms with E-state index < -0.39 is 0 Å². The van der Waals surface area contributed by atoms with Crippen LogP contribution in [-0.2, 0) is 11.2 Å². The molecule has 0 bridgehead atoms. The second-order valence-corrected chi connectivity index (χ2v) is 3.38. The fourth-order valence-corrected chi connectivity index (χ4v) is 1.63. The summed E-state index contributed by atoms with van der Waals surface area (Å²) in [4.78, 5) is 0. The predicted octanol–water partition coefficient (Wildman–Crippen LogP) is 2.03. The molecule has 0 aromatic heterocycles. The Labute approximate surface area is 84.0 Å². The van der Waals surface area contributed by atoms with E-state index in [-0.39, 0.29) is 0 Å². The fourth-order valence-electron chi connectivity index (χ4n) is 1.63. The van der Waals surface area contributed by atoms with Crippen LogP contribution in [0.2, 0.25) is 0 Å². The van der Waals surface area contributed by atoms with Crippen molar-refractivity contribution in [2.75, 3.05) is 25.8 Å². The topological polar surface area (TPSA) is 30.5 Å². The highest BCUT2D eigenvalue weighted by Crippen LogP contribution is 2.27. The lowest BCUT2D eigenvalue weighted by Crippen LogP contribution is -2.09. The molecule has 0 aliphatic carbocycles. The van der Waals surface area contributed by atoms with Crippen molar-refractivity contribution in [3.8, 4) is 5.75 Å². The van der Waals surface area contributed by atoms with Gasteiger partial charge in [-0.3, -0.25) is 0 Å². The Kier molecular flexibility index (Phi) is 2.89. The van der Waals surface area contributed by atoms with Gasteiger partial charge in [0.1, 0.15) is 12.5 Å². The molecule has 0 atom stereocenters. The van der Waals surface area contributed by atoms with Crippen LogP contribution in [0.5, 0.6) is 5.75 Å². The summed E-state index contributed by atoms with van der Waals surface area (Å²) in [5.41, 5.74) is 2.38. The first kappa shape index (κ1) is 9.34. The van der Waals surface area contributed by atoms with Crippen LogP contribution < -0.4 is 10.1 Å². The molecule has 3 nitrogen and oxygen atoms in total. The van der Waals surface area contributed by atoms with E-state index in [2.05, 4.69) is 11.4 Å². The monoisotopic (exact) mass is 193 g/mol. The van der Waals surface area contributed by atoms with Crippen molar-refractivity contribution in [1.29, 1.82) is 0 Å². The average molecular weight is 193 g/mol. The molecule has 2 rings (SSSR count). The second kappa shape index (κ2) is 4.33. The van der Waals surface area contributed by atoms with Crippen LogP contribution in [0, 0.1) is 0 Å². The van der Waals surface area contributed by atoms with Gasteiger partial charge < -0.3 is 14.8 Å². The van der Waals surface area contributed by atoms with Gasteiger partial charge in [0, 0.05) is 12.8 Å². The summed E-state index contributed by atoms with van der Waals surface area (Å²) < 4.78 is 10.5. The van der Waals surface area contributed by atoms with E-state index in [1.165, 1.54) is 5.56 Å². The third-order valence-corrected chi connectivity index (χ3v) is 2.33. The van der Waals surface area contributed by atoms with E-state index >= 15 is 0 Å². The number of nitrogens with one attached hydrogen (secondary N) is 1. The summed E-state index contributed by atoms with van der Waals surface area (Å²) in [6, 6.07) is 6.17. The van der Waals surface area contributed by atoms with Crippen LogP contribution in [0.3, 0.4) is 0 Å². The van der Waals surface area contributed by atoms with Crippen molar-refractivity contribution in [3.63, 3.8) is 0 Å². The summed E-state index contributed by atoms with van der Waals surface area (Å²) in [6.07, 6.45) is 2.22. The molecular weight excluding hydrogens is 178 g/mol. The minimum Gasteiger partial charge on any atom is -0.493 e. The number of hydrogen-bond acceptors (Lipinski definition) is 3. The number of methoxy groups -OCH3 is 1. The maximum absolute atomic E-state index is 5.52. The Balaban J connectivity index is 2.12. The summed E-state index contributed by atoms with van der Waals surface area (Å²) in [5, 5.41) is 3.17. The molecule has 0 radical (unpaired) electrons. The molecule has 0 saturated heterocycles. The molecule has 1 aromatic carbocycles. The van der Waals surface area contributed by atoms with Crippen LogP contribution in [0.4, 0.5) is 5.69 Å². The standard InChI is InChI=1S/C11H15NO2/c1-13-8-12-10-4-5-11-9(7-10)3-2-6-14-11/h4-5,7,12H,2-3,6,8H2,1H3. The Hall–Kier alpha value is -1.22. The highest BCUT2D eigenvalue weighted by Gasteiger charge is 2.09. The summed E-state index contributed by atoms with van der Waals surface area (Å²) in [6.45, 7) is 1.39. The van der Waals surface area contributed by atoms with Crippen molar-refractivity contribution < 1.29 is 9.47 Å². The Bertz CT molecular complexity index is 312. The number of rotatable bonds is 3. The fraction of sp³-hybridized carbons (Fsp3) is 0.455. The lowest BCUT2D eigenvalue weighted by atomic mass is 10.1. The van der Waals surface area contributed by atoms with Crippen molar-refractivity contribution in [2.45, 2.75) is 12.8 Å². The van der Waals surface area contributed by atoms with Gasteiger partial charge in [0.05, 0.1) is 6.61 Å². The first-order chi connectivity index (χ1) is 6.90. The smallest absolute Gasteiger partial charge is 0.122 e. The molecule has 14 heavy (non-hydrogen) atoms. The number of aryl methyl sites for hydroxylation is 1. The molecule has 1 N–H and O–H groups in total. The van der Waals surface area contributed by atoms with E-state index in [9.17, 15) is 0 Å². The molecule has 0 saturated carbocycles. The average Bonchev–Trinajstić information content (AvgIpc) is 2.26. The first-order valence-electron chi connectivity index (χ1n) is 4.88.